The third kappa shape index (κ3) is 1.39. The van der Waals surface area contributed by atoms with Crippen molar-refractivity contribution in [1.29, 1.82) is 0 Å². The predicted molar refractivity (Wildman–Crippen MR) is 55.4 cm³/mol. The molecule has 1 aliphatic carbocycles. The summed E-state index contributed by atoms with van der Waals surface area (Å²) < 4.78 is 0. The molecule has 0 radical (unpaired) electrons. The highest BCUT2D eigenvalue weighted by atomic mass is 32.2. The van der Waals surface area contributed by atoms with E-state index >= 15 is 0 Å². The Morgan fingerprint density at radius 3 is 2.58 bits per heavy atom. The van der Waals surface area contributed by atoms with Gasteiger partial charge < -0.3 is 5.73 Å². The van der Waals surface area contributed by atoms with Crippen molar-refractivity contribution in [2.24, 2.45) is 17.1 Å². The summed E-state index contributed by atoms with van der Waals surface area (Å²) in [6.07, 6.45) is 7.21. The van der Waals surface area contributed by atoms with Crippen LogP contribution in [-0.2, 0) is 0 Å². The van der Waals surface area contributed by atoms with Gasteiger partial charge in [0.05, 0.1) is 0 Å². The molecule has 1 nitrogen and oxygen atoms in total. The number of nitrogens with two attached hydrogens (primary N) is 1. The summed E-state index contributed by atoms with van der Waals surface area (Å²) >= 11 is 2.11. The second kappa shape index (κ2) is 3.59. The molecule has 2 fully saturated rings. The highest BCUT2D eigenvalue weighted by Crippen LogP contribution is 2.47. The molecule has 0 aromatic heterocycles. The Bertz CT molecular complexity index is 146. The Balaban J connectivity index is 2.04. The zero-order valence-electron chi connectivity index (χ0n) is 7.72. The molecule has 1 saturated heterocycles. The van der Waals surface area contributed by atoms with Gasteiger partial charge in [-0.25, -0.2) is 0 Å². The van der Waals surface area contributed by atoms with E-state index in [4.69, 9.17) is 5.73 Å². The quantitative estimate of drug-likeness (QED) is 0.714. The summed E-state index contributed by atoms with van der Waals surface area (Å²) in [7, 11) is 0. The average molecular weight is 185 g/mol. The molecular weight excluding hydrogens is 166 g/mol. The first-order valence-corrected chi connectivity index (χ1v) is 6.31. The minimum absolute atomic E-state index is 0.557. The lowest BCUT2D eigenvalue weighted by atomic mass is 9.74. The van der Waals surface area contributed by atoms with Crippen LogP contribution in [0.5, 0.6) is 0 Å². The Morgan fingerprint density at radius 1 is 1.33 bits per heavy atom. The van der Waals surface area contributed by atoms with Gasteiger partial charge in [0.25, 0.3) is 0 Å². The Hall–Kier alpha value is 0.310. The van der Waals surface area contributed by atoms with Crippen molar-refractivity contribution in [2.75, 3.05) is 18.1 Å². The number of hydrogen-bond donors (Lipinski definition) is 1. The van der Waals surface area contributed by atoms with Gasteiger partial charge in [-0.05, 0) is 42.9 Å². The minimum atomic E-state index is 0.557. The molecule has 1 heterocycles. The summed E-state index contributed by atoms with van der Waals surface area (Å²) in [5, 5.41) is 0. The molecule has 0 amide bonds. The molecule has 70 valence electrons. The highest BCUT2D eigenvalue weighted by Gasteiger charge is 2.41. The molecule has 1 aliphatic heterocycles. The molecule has 1 atom stereocenters. The lowest BCUT2D eigenvalue weighted by Crippen LogP contribution is -2.36. The number of rotatable bonds is 2. The summed E-state index contributed by atoms with van der Waals surface area (Å²) in [6, 6.07) is 0. The van der Waals surface area contributed by atoms with Gasteiger partial charge in [0.2, 0.25) is 0 Å². The van der Waals surface area contributed by atoms with Crippen LogP contribution in [0.2, 0.25) is 0 Å². The lowest BCUT2D eigenvalue weighted by Gasteiger charge is -2.33. The van der Waals surface area contributed by atoms with Crippen molar-refractivity contribution in [1.82, 2.24) is 0 Å². The number of hydrogen-bond acceptors (Lipinski definition) is 2. The van der Waals surface area contributed by atoms with Gasteiger partial charge in [-0.1, -0.05) is 12.8 Å². The molecular formula is C10H19NS. The maximum Gasteiger partial charge on any atom is 0.000424 e. The van der Waals surface area contributed by atoms with Crippen molar-refractivity contribution >= 4 is 11.8 Å². The first-order chi connectivity index (χ1) is 5.87. The molecule has 2 aliphatic rings. The van der Waals surface area contributed by atoms with E-state index in [-0.39, 0.29) is 0 Å². The number of thioether (sulfide) groups is 1. The van der Waals surface area contributed by atoms with Crippen molar-refractivity contribution in [3.05, 3.63) is 0 Å². The van der Waals surface area contributed by atoms with Crippen molar-refractivity contribution in [2.45, 2.75) is 32.1 Å². The van der Waals surface area contributed by atoms with Crippen molar-refractivity contribution in [3.63, 3.8) is 0 Å². The second-order valence-electron chi connectivity index (χ2n) is 4.35. The van der Waals surface area contributed by atoms with Gasteiger partial charge in [0.1, 0.15) is 0 Å². The molecule has 0 spiro atoms. The first-order valence-electron chi connectivity index (χ1n) is 5.15. The van der Waals surface area contributed by atoms with Crippen molar-refractivity contribution < 1.29 is 0 Å². The van der Waals surface area contributed by atoms with Crippen LogP contribution in [0, 0.1) is 11.3 Å². The fourth-order valence-corrected chi connectivity index (χ4v) is 4.41. The van der Waals surface area contributed by atoms with Gasteiger partial charge >= 0.3 is 0 Å². The van der Waals surface area contributed by atoms with Gasteiger partial charge in [0, 0.05) is 5.75 Å². The third-order valence-corrected chi connectivity index (χ3v) is 5.03. The highest BCUT2D eigenvalue weighted by molar-refractivity contribution is 7.99. The van der Waals surface area contributed by atoms with Crippen LogP contribution in [0.3, 0.4) is 0 Å². The van der Waals surface area contributed by atoms with E-state index in [0.29, 0.717) is 5.41 Å². The Kier molecular flexibility index (Phi) is 2.66. The zero-order valence-corrected chi connectivity index (χ0v) is 8.54. The monoisotopic (exact) mass is 185 g/mol. The molecule has 2 rings (SSSR count). The normalized spacial score (nSPS) is 37.8. The zero-order chi connectivity index (χ0) is 8.44. The smallest absolute Gasteiger partial charge is 0.000424 e. The van der Waals surface area contributed by atoms with Crippen LogP contribution in [0.1, 0.15) is 32.1 Å². The molecule has 1 saturated carbocycles. The Morgan fingerprint density at radius 2 is 2.08 bits per heavy atom. The van der Waals surface area contributed by atoms with Crippen LogP contribution in [-0.4, -0.2) is 18.1 Å². The molecule has 12 heavy (non-hydrogen) atoms. The summed E-state index contributed by atoms with van der Waals surface area (Å²) in [4.78, 5) is 0. The van der Waals surface area contributed by atoms with Crippen molar-refractivity contribution in [3.8, 4) is 0 Å². The molecule has 0 aromatic carbocycles. The van der Waals surface area contributed by atoms with Crippen LogP contribution >= 0.6 is 11.8 Å². The SMILES string of the molecule is NCC1(C2CCCC2)CCSC1. The topological polar surface area (TPSA) is 26.0 Å². The summed E-state index contributed by atoms with van der Waals surface area (Å²) in [5.41, 5.74) is 6.49. The molecule has 2 heteroatoms. The van der Waals surface area contributed by atoms with E-state index in [1.807, 2.05) is 0 Å². The van der Waals surface area contributed by atoms with Gasteiger partial charge in [-0.3, -0.25) is 0 Å². The standard InChI is InChI=1S/C10H19NS/c11-7-10(5-6-12-8-10)9-3-1-2-4-9/h9H,1-8,11H2. The fraction of sp³-hybridized carbons (Fsp3) is 1.00. The van der Waals surface area contributed by atoms with E-state index < -0.39 is 0 Å². The van der Waals surface area contributed by atoms with Crippen LogP contribution in [0.4, 0.5) is 0 Å². The van der Waals surface area contributed by atoms with E-state index in [1.54, 1.807) is 0 Å². The molecule has 0 aromatic rings. The molecule has 1 unspecified atom stereocenters. The van der Waals surface area contributed by atoms with Gasteiger partial charge in [-0.15, -0.1) is 0 Å². The maximum absolute atomic E-state index is 5.94. The third-order valence-electron chi connectivity index (χ3n) is 3.76. The summed E-state index contributed by atoms with van der Waals surface area (Å²) in [5.74, 6) is 3.67. The van der Waals surface area contributed by atoms with Crippen LogP contribution in [0.25, 0.3) is 0 Å². The molecule has 2 N–H and O–H groups in total. The first kappa shape index (κ1) is 8.89. The minimum Gasteiger partial charge on any atom is -0.330 e. The van der Waals surface area contributed by atoms with Crippen LogP contribution in [0.15, 0.2) is 0 Å². The van der Waals surface area contributed by atoms with E-state index in [0.717, 1.165) is 12.5 Å². The molecule has 0 bridgehead atoms. The van der Waals surface area contributed by atoms with Crippen LogP contribution < -0.4 is 5.73 Å². The maximum atomic E-state index is 5.94. The average Bonchev–Trinajstić information content (AvgIpc) is 2.76. The predicted octanol–water partition coefficient (Wildman–Crippen LogP) is 2.26. The van der Waals surface area contributed by atoms with E-state index in [1.165, 1.54) is 43.6 Å². The summed E-state index contributed by atoms with van der Waals surface area (Å²) in [6.45, 7) is 0.935. The second-order valence-corrected chi connectivity index (χ2v) is 5.46. The Labute approximate surface area is 79.5 Å². The van der Waals surface area contributed by atoms with Gasteiger partial charge in [0.15, 0.2) is 0 Å². The van der Waals surface area contributed by atoms with E-state index in [9.17, 15) is 0 Å². The van der Waals surface area contributed by atoms with Gasteiger partial charge in [-0.2, -0.15) is 11.8 Å². The fourth-order valence-electron chi connectivity index (χ4n) is 2.81. The largest absolute Gasteiger partial charge is 0.330 e. The van der Waals surface area contributed by atoms with E-state index in [2.05, 4.69) is 11.8 Å². The lowest BCUT2D eigenvalue weighted by molar-refractivity contribution is 0.208.